The molecule has 0 spiro atoms. The molecule has 18 heavy (non-hydrogen) atoms. The fourth-order valence-electron chi connectivity index (χ4n) is 1.46. The molecule has 7 nitrogen and oxygen atoms in total. The van der Waals surface area contributed by atoms with Crippen LogP contribution in [0.25, 0.3) is 0 Å². The Bertz CT molecular complexity index is 442. The largest absolute Gasteiger partial charge is 0.343 e. The molecule has 0 aliphatic heterocycles. The maximum absolute atomic E-state index is 11.5. The molecule has 1 heterocycles. The molecule has 0 aliphatic rings. The quantitative estimate of drug-likeness (QED) is 0.285. The lowest BCUT2D eigenvalue weighted by Gasteiger charge is -2.10. The van der Waals surface area contributed by atoms with Gasteiger partial charge in [-0.3, -0.25) is 14.8 Å². The third-order valence-electron chi connectivity index (χ3n) is 2.42. The van der Waals surface area contributed by atoms with Gasteiger partial charge in [-0.05, 0) is 12.8 Å². The Kier molecular flexibility index (Phi) is 5.93. The molecular weight excluding hydrogens is 254 g/mol. The number of rotatable bonds is 7. The summed E-state index contributed by atoms with van der Waals surface area (Å²) in [5.41, 5.74) is 1.91. The van der Waals surface area contributed by atoms with Crippen LogP contribution in [-0.4, -0.2) is 25.9 Å². The van der Waals surface area contributed by atoms with E-state index in [0.29, 0.717) is 24.5 Å². The summed E-state index contributed by atoms with van der Waals surface area (Å²) in [6, 6.07) is 0. The van der Waals surface area contributed by atoms with Gasteiger partial charge in [0.2, 0.25) is 5.91 Å². The van der Waals surface area contributed by atoms with E-state index in [1.165, 1.54) is 11.8 Å². The van der Waals surface area contributed by atoms with Crippen molar-refractivity contribution in [3.05, 3.63) is 10.5 Å². The minimum Gasteiger partial charge on any atom is -0.294 e. The van der Waals surface area contributed by atoms with Crippen molar-refractivity contribution in [3.63, 3.8) is 0 Å². The number of hydrogen-bond acceptors (Lipinski definition) is 5. The number of hydrogen-bond donors (Lipinski definition) is 3. The first kappa shape index (κ1) is 14.8. The Balaban J connectivity index is 2.56. The summed E-state index contributed by atoms with van der Waals surface area (Å²) in [6.45, 7) is 4.64. The first-order valence-electron chi connectivity index (χ1n) is 5.89. The lowest BCUT2D eigenvalue weighted by atomic mass is 10.2. The zero-order valence-corrected chi connectivity index (χ0v) is 11.4. The highest BCUT2D eigenvalue weighted by atomic mass is 32.2. The van der Waals surface area contributed by atoms with Crippen LogP contribution in [0.15, 0.2) is 9.95 Å². The minimum absolute atomic E-state index is 0.185. The molecule has 1 rings (SSSR count). The van der Waals surface area contributed by atoms with Gasteiger partial charge in [0.1, 0.15) is 0 Å². The predicted molar refractivity (Wildman–Crippen MR) is 70.0 cm³/mol. The summed E-state index contributed by atoms with van der Waals surface area (Å²) in [6.07, 6.45) is 1.92. The van der Waals surface area contributed by atoms with Crippen LogP contribution in [0.1, 0.15) is 33.1 Å². The lowest BCUT2D eigenvalue weighted by Crippen LogP contribution is -2.30. The van der Waals surface area contributed by atoms with Crippen molar-refractivity contribution in [2.75, 3.05) is 0 Å². The van der Waals surface area contributed by atoms with Crippen LogP contribution >= 0.6 is 11.8 Å². The molecule has 1 unspecified atom stereocenters. The molecule has 1 amide bonds. The van der Waals surface area contributed by atoms with E-state index in [0.717, 1.165) is 6.42 Å². The van der Waals surface area contributed by atoms with E-state index in [9.17, 15) is 9.59 Å². The van der Waals surface area contributed by atoms with Crippen molar-refractivity contribution >= 4 is 17.7 Å². The van der Waals surface area contributed by atoms with Gasteiger partial charge in [-0.25, -0.2) is 15.7 Å². The Morgan fingerprint density at radius 3 is 3.00 bits per heavy atom. The third kappa shape index (κ3) is 4.19. The van der Waals surface area contributed by atoms with Crippen molar-refractivity contribution in [1.29, 1.82) is 0 Å². The Morgan fingerprint density at radius 1 is 1.67 bits per heavy atom. The number of carbonyl (C=O) groups is 1. The molecule has 1 aromatic rings. The van der Waals surface area contributed by atoms with Gasteiger partial charge in [0.05, 0.1) is 0 Å². The van der Waals surface area contributed by atoms with Crippen LogP contribution in [0.4, 0.5) is 0 Å². The van der Waals surface area contributed by atoms with Gasteiger partial charge in [0, 0.05) is 18.2 Å². The highest BCUT2D eigenvalue weighted by Crippen LogP contribution is 2.23. The topological polar surface area (TPSA) is 106 Å². The SMILES string of the molecule is CCCn1c(SC(C)CCC(=O)NN)n[nH]c1=O. The van der Waals surface area contributed by atoms with Crippen LogP contribution in [0, 0.1) is 0 Å². The predicted octanol–water partition coefficient (Wildman–Crippen LogP) is 0.232. The smallest absolute Gasteiger partial charge is 0.294 e. The van der Waals surface area contributed by atoms with Gasteiger partial charge >= 0.3 is 5.69 Å². The number of hydrazine groups is 1. The second kappa shape index (κ2) is 7.22. The normalized spacial score (nSPS) is 12.4. The number of nitrogens with two attached hydrogens (primary N) is 1. The Labute approximate surface area is 109 Å². The molecule has 1 atom stereocenters. The zero-order valence-electron chi connectivity index (χ0n) is 10.6. The fraction of sp³-hybridized carbons (Fsp3) is 0.700. The van der Waals surface area contributed by atoms with E-state index in [1.807, 2.05) is 13.8 Å². The Hall–Kier alpha value is -1.28. The number of H-pyrrole nitrogens is 1. The van der Waals surface area contributed by atoms with E-state index in [-0.39, 0.29) is 16.8 Å². The summed E-state index contributed by atoms with van der Waals surface area (Å²) < 4.78 is 1.62. The van der Waals surface area contributed by atoms with E-state index >= 15 is 0 Å². The van der Waals surface area contributed by atoms with E-state index in [2.05, 4.69) is 15.6 Å². The van der Waals surface area contributed by atoms with Crippen LogP contribution < -0.4 is 17.0 Å². The first-order valence-corrected chi connectivity index (χ1v) is 6.77. The first-order chi connectivity index (χ1) is 8.58. The van der Waals surface area contributed by atoms with Crippen molar-refractivity contribution in [2.45, 2.75) is 50.1 Å². The monoisotopic (exact) mass is 273 g/mol. The lowest BCUT2D eigenvalue weighted by molar-refractivity contribution is -0.121. The highest BCUT2D eigenvalue weighted by Gasteiger charge is 2.13. The molecule has 8 heteroatoms. The van der Waals surface area contributed by atoms with Gasteiger partial charge in [0.15, 0.2) is 5.16 Å². The van der Waals surface area contributed by atoms with Crippen molar-refractivity contribution < 1.29 is 4.79 Å². The second-order valence-corrected chi connectivity index (χ2v) is 5.40. The fourth-order valence-corrected chi connectivity index (χ4v) is 2.45. The molecule has 1 aromatic heterocycles. The van der Waals surface area contributed by atoms with Crippen LogP contribution in [0.3, 0.4) is 0 Å². The average molecular weight is 273 g/mol. The number of carbonyl (C=O) groups excluding carboxylic acids is 1. The summed E-state index contributed by atoms with van der Waals surface area (Å²) in [5.74, 6) is 4.82. The van der Waals surface area contributed by atoms with E-state index < -0.39 is 0 Å². The molecule has 0 saturated heterocycles. The minimum atomic E-state index is -0.189. The molecule has 0 saturated carbocycles. The maximum Gasteiger partial charge on any atom is 0.343 e. The number of nitrogens with zero attached hydrogens (tertiary/aromatic N) is 2. The van der Waals surface area contributed by atoms with Gasteiger partial charge in [0.25, 0.3) is 0 Å². The number of aromatic nitrogens is 3. The second-order valence-electron chi connectivity index (χ2n) is 4.00. The standard InChI is InChI=1S/C10H19N5O2S/c1-3-6-15-9(17)13-14-10(15)18-7(2)4-5-8(16)12-11/h7H,3-6,11H2,1-2H3,(H,12,16)(H,13,17). The Morgan fingerprint density at radius 2 is 2.39 bits per heavy atom. The molecule has 4 N–H and O–H groups in total. The third-order valence-corrected chi connectivity index (χ3v) is 3.58. The van der Waals surface area contributed by atoms with Crippen molar-refractivity contribution in [1.82, 2.24) is 20.2 Å². The van der Waals surface area contributed by atoms with Crippen molar-refractivity contribution in [2.24, 2.45) is 5.84 Å². The van der Waals surface area contributed by atoms with Crippen molar-refractivity contribution in [3.8, 4) is 0 Å². The molecule has 0 fully saturated rings. The zero-order chi connectivity index (χ0) is 13.5. The molecule has 0 radical (unpaired) electrons. The summed E-state index contributed by atoms with van der Waals surface area (Å²) >= 11 is 1.48. The van der Waals surface area contributed by atoms with E-state index in [4.69, 9.17) is 5.84 Å². The summed E-state index contributed by atoms with van der Waals surface area (Å²) in [5, 5.41) is 7.28. The summed E-state index contributed by atoms with van der Waals surface area (Å²) in [7, 11) is 0. The number of thioether (sulfide) groups is 1. The number of amides is 1. The van der Waals surface area contributed by atoms with Gasteiger partial charge in [-0.15, -0.1) is 5.10 Å². The van der Waals surface area contributed by atoms with Gasteiger partial charge in [-0.2, -0.15) is 0 Å². The summed E-state index contributed by atoms with van der Waals surface area (Å²) in [4.78, 5) is 22.5. The molecule has 102 valence electrons. The molecule has 0 aliphatic carbocycles. The molecular formula is C10H19N5O2S. The molecule has 0 aromatic carbocycles. The maximum atomic E-state index is 11.5. The number of aromatic amines is 1. The van der Waals surface area contributed by atoms with Crippen LogP contribution in [0.5, 0.6) is 0 Å². The van der Waals surface area contributed by atoms with Gasteiger partial charge < -0.3 is 0 Å². The van der Waals surface area contributed by atoms with E-state index in [1.54, 1.807) is 4.57 Å². The number of nitrogens with one attached hydrogen (secondary N) is 2. The highest BCUT2D eigenvalue weighted by molar-refractivity contribution is 7.99. The van der Waals surface area contributed by atoms with Gasteiger partial charge in [-0.1, -0.05) is 25.6 Å². The molecule has 0 bridgehead atoms. The average Bonchev–Trinajstić information content (AvgIpc) is 2.69. The van der Waals surface area contributed by atoms with Crippen LogP contribution in [-0.2, 0) is 11.3 Å². The van der Waals surface area contributed by atoms with Crippen LogP contribution in [0.2, 0.25) is 0 Å².